The normalized spacial score (nSPS) is 11.2. The molecule has 2 amide bonds. The minimum absolute atomic E-state index is 0.312. The maximum absolute atomic E-state index is 12.2. The first-order chi connectivity index (χ1) is 14.4. The van der Waals surface area contributed by atoms with Crippen molar-refractivity contribution in [3.8, 4) is 23.0 Å². The van der Waals surface area contributed by atoms with Gasteiger partial charge in [-0.2, -0.15) is 0 Å². The van der Waals surface area contributed by atoms with Crippen molar-refractivity contribution in [3.05, 3.63) is 47.5 Å². The van der Waals surface area contributed by atoms with Crippen LogP contribution in [0.2, 0.25) is 0 Å². The minimum atomic E-state index is -0.704. The van der Waals surface area contributed by atoms with Gasteiger partial charge < -0.3 is 29.6 Å². The molecule has 0 aliphatic carbocycles. The van der Waals surface area contributed by atoms with Crippen LogP contribution >= 0.6 is 0 Å². The predicted octanol–water partition coefficient (Wildman–Crippen LogP) is 2.26. The molecule has 162 valence electrons. The first kappa shape index (κ1) is 22.9. The zero-order valence-corrected chi connectivity index (χ0v) is 17.9. The first-order valence-electron chi connectivity index (χ1n) is 9.45. The van der Waals surface area contributed by atoms with E-state index in [4.69, 9.17) is 18.9 Å². The highest BCUT2D eigenvalue weighted by Crippen LogP contribution is 2.30. The zero-order valence-electron chi connectivity index (χ0n) is 17.9. The van der Waals surface area contributed by atoms with Crippen LogP contribution in [0.1, 0.15) is 24.1 Å². The number of amides is 2. The van der Waals surface area contributed by atoms with Crippen molar-refractivity contribution in [1.82, 2.24) is 10.6 Å². The van der Waals surface area contributed by atoms with Gasteiger partial charge in [0, 0.05) is 6.54 Å². The molecule has 0 spiro atoms. The molecular weight excluding hydrogens is 388 g/mol. The molecule has 0 heterocycles. The lowest BCUT2D eigenvalue weighted by Crippen LogP contribution is -2.41. The van der Waals surface area contributed by atoms with Gasteiger partial charge in [-0.05, 0) is 48.7 Å². The Morgan fingerprint density at radius 2 is 1.37 bits per heavy atom. The van der Waals surface area contributed by atoms with Crippen LogP contribution < -0.4 is 29.6 Å². The highest BCUT2D eigenvalue weighted by molar-refractivity contribution is 6.35. The van der Waals surface area contributed by atoms with Crippen molar-refractivity contribution in [2.45, 2.75) is 19.4 Å². The summed E-state index contributed by atoms with van der Waals surface area (Å²) in [6.07, 6.45) is 0.546. The fourth-order valence-corrected chi connectivity index (χ4v) is 2.90. The van der Waals surface area contributed by atoms with Gasteiger partial charge >= 0.3 is 11.8 Å². The maximum atomic E-state index is 12.2. The molecule has 0 aromatic heterocycles. The molecule has 2 rings (SSSR count). The molecule has 1 unspecified atom stereocenters. The minimum Gasteiger partial charge on any atom is -0.493 e. The molecule has 0 aliphatic rings. The first-order valence-corrected chi connectivity index (χ1v) is 9.45. The third kappa shape index (κ3) is 5.79. The quantitative estimate of drug-likeness (QED) is 0.609. The molecule has 0 aliphatic heterocycles. The van der Waals surface area contributed by atoms with Crippen molar-refractivity contribution in [2.75, 3.05) is 35.0 Å². The maximum Gasteiger partial charge on any atom is 0.309 e. The van der Waals surface area contributed by atoms with E-state index in [1.165, 1.54) is 7.11 Å². The van der Waals surface area contributed by atoms with Gasteiger partial charge in [0.25, 0.3) is 0 Å². The molecule has 8 nitrogen and oxygen atoms in total. The average molecular weight is 416 g/mol. The average Bonchev–Trinajstić information content (AvgIpc) is 2.77. The second-order valence-electron chi connectivity index (χ2n) is 6.50. The second kappa shape index (κ2) is 10.9. The van der Waals surface area contributed by atoms with Gasteiger partial charge in [-0.1, -0.05) is 12.1 Å². The predicted molar refractivity (Wildman–Crippen MR) is 112 cm³/mol. The van der Waals surface area contributed by atoms with E-state index >= 15 is 0 Å². The van der Waals surface area contributed by atoms with Crippen LogP contribution in [0.3, 0.4) is 0 Å². The Labute approximate surface area is 176 Å². The van der Waals surface area contributed by atoms with Gasteiger partial charge in [0.05, 0.1) is 34.5 Å². The SMILES string of the molecule is COc1ccc(CCNC(=O)C(=O)NC(C)c2ccc(OC)c(OC)c2)cc1OC. The number of hydrogen-bond donors (Lipinski definition) is 2. The van der Waals surface area contributed by atoms with Gasteiger partial charge in [-0.3, -0.25) is 9.59 Å². The summed E-state index contributed by atoms with van der Waals surface area (Å²) in [5.41, 5.74) is 1.74. The summed E-state index contributed by atoms with van der Waals surface area (Å²) >= 11 is 0. The Morgan fingerprint density at radius 1 is 0.800 bits per heavy atom. The van der Waals surface area contributed by atoms with Crippen molar-refractivity contribution >= 4 is 11.8 Å². The van der Waals surface area contributed by atoms with Crippen LogP contribution in [0.4, 0.5) is 0 Å². The summed E-state index contributed by atoms with van der Waals surface area (Å²) in [6, 6.07) is 10.5. The van der Waals surface area contributed by atoms with Crippen molar-refractivity contribution in [3.63, 3.8) is 0 Å². The number of carbonyl (C=O) groups is 2. The number of methoxy groups -OCH3 is 4. The zero-order chi connectivity index (χ0) is 22.1. The van der Waals surface area contributed by atoms with E-state index in [-0.39, 0.29) is 6.04 Å². The lowest BCUT2D eigenvalue weighted by Gasteiger charge is -2.16. The summed E-state index contributed by atoms with van der Waals surface area (Å²) in [6.45, 7) is 2.10. The monoisotopic (exact) mass is 416 g/mol. The number of ether oxygens (including phenoxy) is 4. The molecule has 2 N–H and O–H groups in total. The lowest BCUT2D eigenvalue weighted by atomic mass is 10.1. The molecule has 1 atom stereocenters. The number of hydrogen-bond acceptors (Lipinski definition) is 6. The van der Waals surface area contributed by atoms with E-state index in [1.807, 2.05) is 12.1 Å². The third-order valence-corrected chi connectivity index (χ3v) is 4.61. The van der Waals surface area contributed by atoms with Crippen LogP contribution in [0.15, 0.2) is 36.4 Å². The molecule has 8 heteroatoms. The molecule has 0 saturated carbocycles. The lowest BCUT2D eigenvalue weighted by molar-refractivity contribution is -0.139. The molecular formula is C22H28N2O6. The molecule has 0 bridgehead atoms. The van der Waals surface area contributed by atoms with Crippen molar-refractivity contribution in [1.29, 1.82) is 0 Å². The molecule has 2 aromatic rings. The molecule has 0 radical (unpaired) electrons. The van der Waals surface area contributed by atoms with Crippen LogP contribution in [0.25, 0.3) is 0 Å². The van der Waals surface area contributed by atoms with E-state index in [0.717, 1.165) is 11.1 Å². The van der Waals surface area contributed by atoms with Crippen molar-refractivity contribution in [2.24, 2.45) is 0 Å². The summed E-state index contributed by atoms with van der Waals surface area (Å²) in [5, 5.41) is 5.31. The Balaban J connectivity index is 1.88. The smallest absolute Gasteiger partial charge is 0.309 e. The summed E-state index contributed by atoms with van der Waals surface area (Å²) in [7, 11) is 6.22. The molecule has 0 saturated heterocycles. The van der Waals surface area contributed by atoms with E-state index in [9.17, 15) is 9.59 Å². The highest BCUT2D eigenvalue weighted by Gasteiger charge is 2.18. The van der Waals surface area contributed by atoms with Crippen LogP contribution in [0.5, 0.6) is 23.0 Å². The summed E-state index contributed by atoms with van der Waals surface area (Å²) in [4.78, 5) is 24.3. The van der Waals surface area contributed by atoms with E-state index < -0.39 is 11.8 Å². The third-order valence-electron chi connectivity index (χ3n) is 4.61. The molecule has 2 aromatic carbocycles. The molecule has 30 heavy (non-hydrogen) atoms. The Bertz CT molecular complexity index is 884. The number of benzene rings is 2. The highest BCUT2D eigenvalue weighted by atomic mass is 16.5. The second-order valence-corrected chi connectivity index (χ2v) is 6.50. The standard InChI is InChI=1S/C22H28N2O6/c1-14(16-7-9-18(28-3)20(13-16)30-5)24-22(26)21(25)23-11-10-15-6-8-17(27-2)19(12-15)29-4/h6-9,12-14H,10-11H2,1-5H3,(H,23,25)(H,24,26). The number of carbonyl (C=O) groups excluding carboxylic acids is 2. The van der Waals surface area contributed by atoms with Crippen molar-refractivity contribution < 1.29 is 28.5 Å². The van der Waals surface area contributed by atoms with Gasteiger partial charge in [0.15, 0.2) is 23.0 Å². The Hall–Kier alpha value is -3.42. The summed E-state index contributed by atoms with van der Waals surface area (Å²) < 4.78 is 20.9. The largest absolute Gasteiger partial charge is 0.493 e. The van der Waals surface area contributed by atoms with E-state index in [2.05, 4.69) is 10.6 Å². The van der Waals surface area contributed by atoms with Crippen LogP contribution in [-0.2, 0) is 16.0 Å². The number of nitrogens with one attached hydrogen (secondary N) is 2. The van der Waals surface area contributed by atoms with E-state index in [0.29, 0.717) is 36.0 Å². The van der Waals surface area contributed by atoms with Gasteiger partial charge in [0.2, 0.25) is 0 Å². The van der Waals surface area contributed by atoms with Gasteiger partial charge in [-0.15, -0.1) is 0 Å². The van der Waals surface area contributed by atoms with Gasteiger partial charge in [0.1, 0.15) is 0 Å². The fraction of sp³-hybridized carbons (Fsp3) is 0.364. The van der Waals surface area contributed by atoms with Crippen LogP contribution in [0, 0.1) is 0 Å². The fourth-order valence-electron chi connectivity index (χ4n) is 2.90. The molecule has 0 fully saturated rings. The summed E-state index contributed by atoms with van der Waals surface area (Å²) in [5.74, 6) is 0.993. The topological polar surface area (TPSA) is 95.1 Å². The van der Waals surface area contributed by atoms with Gasteiger partial charge in [-0.25, -0.2) is 0 Å². The number of rotatable bonds is 9. The Kier molecular flexibility index (Phi) is 8.34. The Morgan fingerprint density at radius 3 is 1.97 bits per heavy atom. The van der Waals surface area contributed by atoms with Crippen LogP contribution in [-0.4, -0.2) is 46.8 Å². The van der Waals surface area contributed by atoms with E-state index in [1.54, 1.807) is 52.5 Å².